The maximum Gasteiger partial charge on any atom is 0.422 e. The molecule has 34 heteroatoms. The zero-order valence-corrected chi connectivity index (χ0v) is 64.8. The number of likely N-dealkylation sites (N-methyl/N-ethyl adjacent to an activating group) is 6. The van der Waals surface area contributed by atoms with Gasteiger partial charge in [0.05, 0.1) is 50.9 Å². The van der Waals surface area contributed by atoms with E-state index in [9.17, 15) is 45.5 Å². The zero-order valence-electron chi connectivity index (χ0n) is 64.8. The molecule has 2 aromatic carbocycles. The molecule has 612 valence electrons. The lowest BCUT2D eigenvalue weighted by Gasteiger charge is -2.42. The maximum atomic E-state index is 15.9. The minimum Gasteiger partial charge on any atom is -0.378 e. The van der Waals surface area contributed by atoms with Crippen molar-refractivity contribution in [1.29, 1.82) is 0 Å². The van der Waals surface area contributed by atoms with Gasteiger partial charge in [-0.05, 0) is 106 Å². The van der Waals surface area contributed by atoms with E-state index in [4.69, 9.17) is 9.47 Å². The fourth-order valence-corrected chi connectivity index (χ4v) is 15.4. The largest absolute Gasteiger partial charge is 0.422 e. The molecule has 1 saturated carbocycles. The molecule has 2 bridgehead atoms. The van der Waals surface area contributed by atoms with Gasteiger partial charge in [-0.15, -0.1) is 0 Å². The number of morpholine rings is 1. The van der Waals surface area contributed by atoms with Crippen LogP contribution >= 0.6 is 0 Å². The van der Waals surface area contributed by atoms with Crippen LogP contribution in [-0.2, 0) is 92.2 Å². The third-order valence-electron chi connectivity index (χ3n) is 22.0. The van der Waals surface area contributed by atoms with E-state index in [0.29, 0.717) is 69.9 Å². The van der Waals surface area contributed by atoms with Crippen molar-refractivity contribution in [3.63, 3.8) is 0 Å². The number of fused-ring (bicyclic) bond motifs is 9. The number of alkyl halides is 6. The molecular weight excluding hydrogens is 1460 g/mol. The van der Waals surface area contributed by atoms with Gasteiger partial charge in [0.15, 0.2) is 0 Å². The Balaban J connectivity index is 1.39. The first-order valence-electron chi connectivity index (χ1n) is 38.0. The first-order valence-corrected chi connectivity index (χ1v) is 38.0. The molecule has 5 fully saturated rings. The Morgan fingerprint density at radius 1 is 0.655 bits per heavy atom. The second kappa shape index (κ2) is 39.1. The summed E-state index contributed by atoms with van der Waals surface area (Å²) in [4.78, 5) is 192. The van der Waals surface area contributed by atoms with Gasteiger partial charge >= 0.3 is 12.4 Å². The average molecular weight is 1570 g/mol. The monoisotopic (exact) mass is 1560 g/mol. The molecule has 26 nitrogen and oxygen atoms in total. The van der Waals surface area contributed by atoms with Crippen LogP contribution in [0.1, 0.15) is 160 Å². The first kappa shape index (κ1) is 88.7. The number of carbonyl (C=O) groups is 12. The molecule has 0 radical (unpaired) electrons. The summed E-state index contributed by atoms with van der Waals surface area (Å²) in [6.45, 7) is 5.75. The van der Waals surface area contributed by atoms with Crippen molar-refractivity contribution in [1.82, 2.24) is 60.0 Å². The van der Waals surface area contributed by atoms with Gasteiger partial charge in [0.2, 0.25) is 70.9 Å². The fraction of sp³-hybridized carbons (Fsp3) is 0.684. The van der Waals surface area contributed by atoms with Gasteiger partial charge in [-0.2, -0.15) is 26.3 Å². The van der Waals surface area contributed by atoms with Crippen molar-refractivity contribution >= 4 is 70.9 Å². The van der Waals surface area contributed by atoms with E-state index in [1.807, 2.05) is 0 Å². The standard InChI is InChI=1S/C76H108F8N12O14/c1-12-32-95-58(39-47-25-28-50(29-26-47)75(79,80)81)69(104)89(7)43-59(97)85-54(30-27-48-37-52(77)63(53(78)38-48)76(82,83)84)68(103)96-42-51(110-14-3)40-56(96)67(102)87-74(5)31-21-17-15-16-18-24-55(66(101)86-64(46(4)13-2)71(106)90(8)44-61(99)88(6)45-62(95)100)91(9)60(98)41-57(70(105)94-33-35-109-36-34-94)92(10)72(107)65(93(11)73(74)108)49-22-19-20-23-49/h25-26,28-29,37-38,46,49,51,54-58,64-65H,12-24,27,30-36,39-45H2,1-11H3,(H,85,97)(H,86,101)(H,87,102)/t46-,51+,54-,55-,56-,57-,58-,64-,65-,74-/m0/s1. The van der Waals surface area contributed by atoms with Crippen LogP contribution < -0.4 is 16.0 Å². The van der Waals surface area contributed by atoms with Crippen molar-refractivity contribution in [2.24, 2.45) is 11.8 Å². The lowest BCUT2D eigenvalue weighted by atomic mass is 9.88. The lowest BCUT2D eigenvalue weighted by molar-refractivity contribution is -0.157. The number of hydrogen-bond acceptors (Lipinski definition) is 14. The van der Waals surface area contributed by atoms with Crippen molar-refractivity contribution < 1.29 is 102 Å². The molecule has 110 heavy (non-hydrogen) atoms. The molecule has 0 aromatic heterocycles. The molecule has 4 aliphatic heterocycles. The predicted octanol–water partition coefficient (Wildman–Crippen LogP) is 5.73. The van der Waals surface area contributed by atoms with Crippen LogP contribution in [0.2, 0.25) is 0 Å². The van der Waals surface area contributed by atoms with E-state index < -0.39 is 223 Å². The SMILES string of the molecule is CCCN1C(=O)CN(C)C(=O)CN(C)C(=O)[C@H]([C@@H](C)CC)NC(=O)[C@@H]2CCCCCCC[C@](C)(NC(=O)[C@@H]3C[C@@H](OCC)CN3C(=O)[C@H](CCc3cc(F)c(C(F)(F)F)c(F)c3)NC(=O)CN(C)C(=O)[C@@H]1Cc1ccc(C(F)(F)F)cc1)C(=O)N(C)[C@@H](C1CCCC1)C(=O)N(C)[C@H](C(=O)N1CCOCC1)CC(=O)N2C. The summed E-state index contributed by atoms with van der Waals surface area (Å²) in [6, 6.07) is -6.00. The molecule has 7 rings (SSSR count). The summed E-state index contributed by atoms with van der Waals surface area (Å²) < 4.78 is 126. The normalized spacial score (nSPS) is 26.4. The highest BCUT2D eigenvalue weighted by molar-refractivity contribution is 6.00. The second-order valence-corrected chi connectivity index (χ2v) is 30.1. The number of ether oxygens (including phenoxy) is 2. The van der Waals surface area contributed by atoms with Crippen LogP contribution in [-0.4, -0.2) is 277 Å². The summed E-state index contributed by atoms with van der Waals surface area (Å²) in [5.74, 6) is -15.2. The van der Waals surface area contributed by atoms with Crippen molar-refractivity contribution in [3.05, 3.63) is 70.3 Å². The molecule has 5 aliphatic rings. The number of rotatable bonds is 13. The van der Waals surface area contributed by atoms with Gasteiger partial charge in [0.1, 0.15) is 65.0 Å². The number of nitrogens with zero attached hydrogens (tertiary/aromatic N) is 9. The molecule has 1 aliphatic carbocycles. The number of carbonyl (C=O) groups excluding carboxylic acids is 12. The molecule has 2 aromatic rings. The number of benzene rings is 2. The van der Waals surface area contributed by atoms with Gasteiger partial charge in [-0.1, -0.05) is 84.3 Å². The Kier molecular flexibility index (Phi) is 31.5. The predicted molar refractivity (Wildman–Crippen MR) is 385 cm³/mol. The van der Waals surface area contributed by atoms with Crippen LogP contribution in [0.3, 0.4) is 0 Å². The topological polar surface area (TPSA) is 289 Å². The average Bonchev–Trinajstić information content (AvgIpc) is 1.34. The van der Waals surface area contributed by atoms with E-state index in [1.165, 1.54) is 56.9 Å². The van der Waals surface area contributed by atoms with Crippen molar-refractivity contribution in [2.75, 3.05) is 108 Å². The summed E-state index contributed by atoms with van der Waals surface area (Å²) >= 11 is 0. The smallest absolute Gasteiger partial charge is 0.378 e. The summed E-state index contributed by atoms with van der Waals surface area (Å²) in [6.07, 6.45) is -9.30. The second-order valence-electron chi connectivity index (χ2n) is 30.1. The van der Waals surface area contributed by atoms with E-state index in [-0.39, 0.29) is 83.7 Å². The van der Waals surface area contributed by atoms with Crippen molar-refractivity contribution in [3.8, 4) is 0 Å². The zero-order chi connectivity index (χ0) is 81.4. The van der Waals surface area contributed by atoms with Crippen molar-refractivity contribution in [2.45, 2.75) is 216 Å². The van der Waals surface area contributed by atoms with Crippen LogP contribution in [0.15, 0.2) is 36.4 Å². The number of amides is 12. The Morgan fingerprint density at radius 2 is 1.25 bits per heavy atom. The van der Waals surface area contributed by atoms with E-state index >= 15 is 47.1 Å². The van der Waals surface area contributed by atoms with Crippen LogP contribution in [0.5, 0.6) is 0 Å². The molecule has 3 N–H and O–H groups in total. The summed E-state index contributed by atoms with van der Waals surface area (Å²) in [5, 5.41) is 8.37. The highest BCUT2D eigenvalue weighted by atomic mass is 19.4. The van der Waals surface area contributed by atoms with Crippen LogP contribution in [0.4, 0.5) is 35.1 Å². The quantitative estimate of drug-likeness (QED) is 0.202. The minimum atomic E-state index is -5.46. The highest BCUT2D eigenvalue weighted by Gasteiger charge is 2.51. The lowest BCUT2D eigenvalue weighted by Crippen LogP contribution is -2.65. The van der Waals surface area contributed by atoms with Gasteiger partial charge in [0, 0.05) is 87.9 Å². The third-order valence-corrected chi connectivity index (χ3v) is 22.0. The Bertz CT molecular complexity index is 3600. The first-order chi connectivity index (χ1) is 51.8. The van der Waals surface area contributed by atoms with Gasteiger partial charge in [-0.25, -0.2) is 8.78 Å². The van der Waals surface area contributed by atoms with E-state index in [0.717, 1.165) is 60.7 Å². The van der Waals surface area contributed by atoms with Gasteiger partial charge in [-0.3, -0.25) is 57.5 Å². The molecule has 4 saturated heterocycles. The number of aryl methyl sites for hydroxylation is 1. The Morgan fingerprint density at radius 3 is 1.85 bits per heavy atom. The van der Waals surface area contributed by atoms with Gasteiger partial charge < -0.3 is 69.5 Å². The minimum absolute atomic E-state index is 0.0124. The third kappa shape index (κ3) is 22.4. The molecule has 12 amide bonds. The molecular formula is C76H108F8N12O14. The molecule has 0 spiro atoms. The van der Waals surface area contributed by atoms with Gasteiger partial charge in [0.25, 0.3) is 0 Å². The van der Waals surface area contributed by atoms with E-state index in [2.05, 4.69) is 16.0 Å². The molecule has 4 heterocycles. The summed E-state index contributed by atoms with van der Waals surface area (Å²) in [7, 11) is 7.83. The Labute approximate surface area is 637 Å². The Hall–Kier alpha value is -8.56. The van der Waals surface area contributed by atoms with E-state index in [1.54, 1.807) is 27.7 Å². The molecule has 10 atom stereocenters. The number of nitrogens with one attached hydrogen (secondary N) is 3. The number of hydrogen-bond donors (Lipinski definition) is 3. The summed E-state index contributed by atoms with van der Waals surface area (Å²) in [5.41, 5.74) is -5.46. The van der Waals surface area contributed by atoms with Crippen LogP contribution in [0.25, 0.3) is 0 Å². The fourth-order valence-electron chi connectivity index (χ4n) is 15.4. The number of halogens is 8. The van der Waals surface area contributed by atoms with Crippen LogP contribution in [0, 0.1) is 23.5 Å². The maximum absolute atomic E-state index is 15.9. The highest BCUT2D eigenvalue weighted by Crippen LogP contribution is 2.37. The molecule has 0 unspecified atom stereocenters.